The molecule has 0 N–H and O–H groups in total. The molecule has 5 nitrogen and oxygen atoms in total. The molecule has 4 aromatic carbocycles. The van der Waals surface area contributed by atoms with Gasteiger partial charge in [0.2, 0.25) is 0 Å². The van der Waals surface area contributed by atoms with Crippen LogP contribution in [0.1, 0.15) is 42.0 Å². The van der Waals surface area contributed by atoms with E-state index in [9.17, 15) is 4.39 Å². The van der Waals surface area contributed by atoms with Crippen LogP contribution in [0, 0.1) is 13.8 Å². The zero-order valence-corrected chi connectivity index (χ0v) is 25.3. The largest absolute Gasteiger partial charge is 0.457 e. The van der Waals surface area contributed by atoms with Gasteiger partial charge in [-0.2, -0.15) is 5.10 Å². The van der Waals surface area contributed by atoms with Crippen LogP contribution in [0.4, 0.5) is 4.39 Å². The highest BCUT2D eigenvalue weighted by atomic mass is 19.1. The summed E-state index contributed by atoms with van der Waals surface area (Å²) in [6.07, 6.45) is 5.75. The molecule has 0 aliphatic carbocycles. The van der Waals surface area contributed by atoms with Crippen molar-refractivity contribution >= 4 is 21.8 Å². The van der Waals surface area contributed by atoms with E-state index < -0.39 is 6.67 Å². The number of halogens is 1. The molecule has 0 radical (unpaired) electrons. The molecular weight excluding hydrogens is 547 g/mol. The first-order chi connectivity index (χ1) is 21.4. The van der Waals surface area contributed by atoms with E-state index in [1.54, 1.807) is 0 Å². The molecule has 0 atom stereocenters. The lowest BCUT2D eigenvalue weighted by Gasteiger charge is -2.12. The minimum absolute atomic E-state index is 0.400. The first-order valence-electron chi connectivity index (χ1n) is 14.9. The molecule has 7 rings (SSSR count). The number of hydrogen-bond donors (Lipinski definition) is 0. The van der Waals surface area contributed by atoms with Crippen molar-refractivity contribution in [3.05, 3.63) is 132 Å². The molecule has 3 heterocycles. The van der Waals surface area contributed by atoms with Crippen molar-refractivity contribution in [3.63, 3.8) is 0 Å². The topological polar surface area (TPSA) is 44.9 Å². The summed E-state index contributed by atoms with van der Waals surface area (Å²) >= 11 is 0. The monoisotopic (exact) mass is 580 g/mol. The van der Waals surface area contributed by atoms with E-state index in [1.807, 2.05) is 79.6 Å². The summed E-state index contributed by atoms with van der Waals surface area (Å²) in [7, 11) is 0. The number of hydrogen-bond acceptors (Lipinski definition) is 3. The minimum Gasteiger partial charge on any atom is -0.457 e. The van der Waals surface area contributed by atoms with E-state index in [4.69, 9.17) is 9.72 Å². The molecule has 0 aliphatic heterocycles. The van der Waals surface area contributed by atoms with Gasteiger partial charge < -0.3 is 4.74 Å². The molecule has 218 valence electrons. The average molecular weight is 581 g/mol. The zero-order valence-electron chi connectivity index (χ0n) is 25.3. The number of fused-ring (bicyclic) bond motifs is 3. The fourth-order valence-electron chi connectivity index (χ4n) is 6.18. The van der Waals surface area contributed by atoms with Gasteiger partial charge in [-0.1, -0.05) is 50.2 Å². The van der Waals surface area contributed by atoms with E-state index in [0.29, 0.717) is 17.2 Å². The summed E-state index contributed by atoms with van der Waals surface area (Å²) in [6, 6.07) is 30.6. The summed E-state index contributed by atoms with van der Waals surface area (Å²) in [5, 5.41) is 6.96. The van der Waals surface area contributed by atoms with Crippen molar-refractivity contribution in [1.29, 1.82) is 0 Å². The molecule has 0 saturated carbocycles. The van der Waals surface area contributed by atoms with Gasteiger partial charge in [0.15, 0.2) is 0 Å². The van der Waals surface area contributed by atoms with Crippen molar-refractivity contribution in [3.8, 4) is 34.1 Å². The number of aryl methyl sites for hydroxylation is 2. The van der Waals surface area contributed by atoms with Crippen LogP contribution < -0.4 is 4.74 Å². The van der Waals surface area contributed by atoms with Crippen LogP contribution in [0.15, 0.2) is 110 Å². The fourth-order valence-corrected chi connectivity index (χ4v) is 6.18. The van der Waals surface area contributed by atoms with Crippen LogP contribution in [0.5, 0.6) is 11.5 Å². The lowest BCUT2D eigenvalue weighted by atomic mass is 9.96. The second-order valence-corrected chi connectivity index (χ2v) is 11.6. The smallest absolute Gasteiger partial charge is 0.137 e. The summed E-state index contributed by atoms with van der Waals surface area (Å²) in [4.78, 5) is 4.76. The Bertz CT molecular complexity index is 2130. The van der Waals surface area contributed by atoms with E-state index in [1.165, 1.54) is 10.9 Å². The third-order valence-electron chi connectivity index (χ3n) is 8.25. The quantitative estimate of drug-likeness (QED) is 0.188. The number of benzene rings is 4. The minimum atomic E-state index is -0.467. The molecule has 7 aromatic rings. The Labute approximate surface area is 256 Å². The Morgan fingerprint density at radius 2 is 1.57 bits per heavy atom. The molecule has 0 unspecified atom stereocenters. The van der Waals surface area contributed by atoms with Crippen LogP contribution in [0.25, 0.3) is 44.4 Å². The van der Waals surface area contributed by atoms with E-state index in [2.05, 4.69) is 72.0 Å². The molecule has 0 saturated heterocycles. The van der Waals surface area contributed by atoms with Gasteiger partial charge in [0, 0.05) is 40.9 Å². The molecule has 0 aliphatic rings. The van der Waals surface area contributed by atoms with Crippen LogP contribution in [0.2, 0.25) is 0 Å². The molecular formula is C38H33FN4O. The summed E-state index contributed by atoms with van der Waals surface area (Å²) in [5.74, 6) is 2.73. The number of aromatic nitrogens is 4. The van der Waals surface area contributed by atoms with Crippen LogP contribution >= 0.6 is 0 Å². The molecule has 3 aromatic heterocycles. The Kier molecular flexibility index (Phi) is 6.97. The van der Waals surface area contributed by atoms with Gasteiger partial charge in [0.1, 0.15) is 24.0 Å². The van der Waals surface area contributed by atoms with E-state index in [0.717, 1.165) is 55.9 Å². The highest BCUT2D eigenvalue weighted by Gasteiger charge is 2.16. The third kappa shape index (κ3) is 4.92. The van der Waals surface area contributed by atoms with Crippen LogP contribution in [-0.4, -0.2) is 19.3 Å². The van der Waals surface area contributed by atoms with Crippen molar-refractivity contribution in [2.75, 3.05) is 0 Å². The molecule has 0 bridgehead atoms. The Morgan fingerprint density at radius 1 is 0.795 bits per heavy atom. The normalized spacial score (nSPS) is 11.6. The Balaban J connectivity index is 1.24. The highest BCUT2D eigenvalue weighted by Crippen LogP contribution is 2.36. The first kappa shape index (κ1) is 27.6. The first-order valence-corrected chi connectivity index (χ1v) is 14.9. The zero-order chi connectivity index (χ0) is 30.4. The predicted octanol–water partition coefficient (Wildman–Crippen LogP) is 10.0. The Hall–Kier alpha value is -5.23. The number of para-hydroxylation sites is 1. The number of pyridine rings is 1. The van der Waals surface area contributed by atoms with Crippen molar-refractivity contribution in [2.24, 2.45) is 0 Å². The third-order valence-corrected chi connectivity index (χ3v) is 8.25. The van der Waals surface area contributed by atoms with Crippen LogP contribution in [-0.2, 0) is 6.67 Å². The second kappa shape index (κ2) is 11.1. The maximum absolute atomic E-state index is 13.3. The molecule has 6 heteroatoms. The number of rotatable bonds is 7. The highest BCUT2D eigenvalue weighted by molar-refractivity contribution is 6.09. The average Bonchev–Trinajstić information content (AvgIpc) is 3.64. The number of ether oxygens (including phenoxy) is 1. The molecule has 0 amide bonds. The molecule has 0 fully saturated rings. The summed E-state index contributed by atoms with van der Waals surface area (Å²) in [5.41, 5.74) is 9.11. The summed E-state index contributed by atoms with van der Waals surface area (Å²) in [6.45, 7) is 7.96. The van der Waals surface area contributed by atoms with Crippen molar-refractivity contribution in [1.82, 2.24) is 19.3 Å². The molecule has 0 spiro atoms. The van der Waals surface area contributed by atoms with Crippen LogP contribution in [0.3, 0.4) is 0 Å². The van der Waals surface area contributed by atoms with Gasteiger partial charge in [-0.15, -0.1) is 0 Å². The predicted molar refractivity (Wildman–Crippen MR) is 176 cm³/mol. The standard InChI is InChI=1S/C38H33FN4O/c1-24(2)28-14-15-40-37(18-28)43-35-11-6-5-10-33(35)34-13-12-32(20-36(34)43)44-31-9-7-8-30(19-31)42-23-29(22-41-42)38-25(3)16-27(21-39)17-26(38)4/h5-20,22-24H,21H2,1-4H3. The number of alkyl halides is 1. The SMILES string of the molecule is Cc1cc(CF)cc(C)c1-c1cnn(-c2cccc(Oc3ccc4c5ccccc5n(-c5cc(C(C)C)ccn5)c4c3)c2)c1. The van der Waals surface area contributed by atoms with Gasteiger partial charge in [-0.25, -0.2) is 14.1 Å². The summed E-state index contributed by atoms with van der Waals surface area (Å²) < 4.78 is 23.8. The molecule has 44 heavy (non-hydrogen) atoms. The Morgan fingerprint density at radius 3 is 2.36 bits per heavy atom. The fraction of sp³-hybridized carbons (Fsp3) is 0.158. The van der Waals surface area contributed by atoms with E-state index >= 15 is 0 Å². The lowest BCUT2D eigenvalue weighted by Crippen LogP contribution is -1.99. The number of nitrogens with zero attached hydrogens (tertiary/aromatic N) is 4. The van der Waals surface area contributed by atoms with Crippen molar-refractivity contribution in [2.45, 2.75) is 40.3 Å². The van der Waals surface area contributed by atoms with Gasteiger partial charge in [-0.05, 0) is 90.0 Å². The van der Waals surface area contributed by atoms with E-state index in [-0.39, 0.29) is 0 Å². The van der Waals surface area contributed by atoms with Gasteiger partial charge in [0.25, 0.3) is 0 Å². The van der Waals surface area contributed by atoms with Gasteiger partial charge >= 0.3 is 0 Å². The maximum atomic E-state index is 13.3. The van der Waals surface area contributed by atoms with Gasteiger partial charge in [-0.3, -0.25) is 4.57 Å². The van der Waals surface area contributed by atoms with Crippen molar-refractivity contribution < 1.29 is 9.13 Å². The second-order valence-electron chi connectivity index (χ2n) is 11.6. The lowest BCUT2D eigenvalue weighted by molar-refractivity contribution is 0.483. The van der Waals surface area contributed by atoms with Gasteiger partial charge in [0.05, 0.1) is 22.9 Å². The maximum Gasteiger partial charge on any atom is 0.137 e.